The number of rotatable bonds is 7. The molecular weight excluding hydrogens is 464 g/mol. The van der Waals surface area contributed by atoms with Gasteiger partial charge in [-0.25, -0.2) is 4.98 Å². The maximum Gasteiger partial charge on any atom is 0.251 e. The van der Waals surface area contributed by atoms with Gasteiger partial charge in [0, 0.05) is 42.0 Å². The predicted octanol–water partition coefficient (Wildman–Crippen LogP) is 4.58. The number of nitrogens with one attached hydrogen (secondary N) is 1. The lowest BCUT2D eigenvalue weighted by Gasteiger charge is -2.32. The minimum Gasteiger partial charge on any atom is -0.384 e. The molecule has 4 aromatic rings. The van der Waals surface area contributed by atoms with E-state index in [2.05, 4.69) is 28.8 Å². The Morgan fingerprint density at radius 3 is 2.76 bits per heavy atom. The van der Waals surface area contributed by atoms with Crippen LogP contribution in [0.2, 0.25) is 0 Å². The van der Waals surface area contributed by atoms with E-state index in [1.54, 1.807) is 11.0 Å². The standard InChI is InChI=1S/C29H32N6O2/c1-4-6-7-21(5-2)25-9-8-22(17-31-25)24-18-32-35-27-23(10-13-30-27)26(33-28(24)35)16-20-11-14-34(15-12-20)29(37)19(3)36/h4-10,13,17-20,30,36H,1,11-12,14-16H2,2-3H3/b7-6-,21-5+/t19-/m1/s1. The molecule has 0 radical (unpaired) electrons. The largest absolute Gasteiger partial charge is 0.384 e. The number of hydrogen-bond donors (Lipinski definition) is 2. The fourth-order valence-electron chi connectivity index (χ4n) is 5.05. The molecular formula is C29H32N6O2. The summed E-state index contributed by atoms with van der Waals surface area (Å²) in [4.78, 5) is 27.0. The number of pyridine rings is 1. The Labute approximate surface area is 216 Å². The van der Waals surface area contributed by atoms with Crippen LogP contribution in [0.4, 0.5) is 0 Å². The van der Waals surface area contributed by atoms with E-state index in [9.17, 15) is 9.90 Å². The number of piperidine rings is 1. The summed E-state index contributed by atoms with van der Waals surface area (Å²) in [5.74, 6) is 0.231. The van der Waals surface area contributed by atoms with Gasteiger partial charge in [-0.15, -0.1) is 0 Å². The third-order valence-electron chi connectivity index (χ3n) is 7.09. The van der Waals surface area contributed by atoms with Crippen LogP contribution in [-0.2, 0) is 11.2 Å². The van der Waals surface area contributed by atoms with E-state index in [1.165, 1.54) is 6.92 Å². The van der Waals surface area contributed by atoms with Gasteiger partial charge in [-0.05, 0) is 56.7 Å². The van der Waals surface area contributed by atoms with Crippen molar-refractivity contribution in [2.75, 3.05) is 13.1 Å². The molecule has 4 aromatic heterocycles. The first kappa shape index (κ1) is 24.6. The van der Waals surface area contributed by atoms with Crippen molar-refractivity contribution < 1.29 is 9.90 Å². The van der Waals surface area contributed by atoms with E-state index in [0.29, 0.717) is 19.0 Å². The molecule has 0 aliphatic carbocycles. The summed E-state index contributed by atoms with van der Waals surface area (Å²) in [6, 6.07) is 6.12. The normalized spacial score (nSPS) is 16.2. The first-order chi connectivity index (χ1) is 18.0. The summed E-state index contributed by atoms with van der Waals surface area (Å²) in [7, 11) is 0. The molecule has 0 saturated carbocycles. The average molecular weight is 497 g/mol. The quantitative estimate of drug-likeness (QED) is 0.365. The Balaban J connectivity index is 1.43. The Hall–Kier alpha value is -4.04. The molecule has 1 fully saturated rings. The number of H-pyrrole nitrogens is 1. The lowest BCUT2D eigenvalue weighted by atomic mass is 9.91. The van der Waals surface area contributed by atoms with E-state index >= 15 is 0 Å². The highest BCUT2D eigenvalue weighted by Crippen LogP contribution is 2.30. The van der Waals surface area contributed by atoms with Gasteiger partial charge >= 0.3 is 0 Å². The van der Waals surface area contributed by atoms with Crippen LogP contribution >= 0.6 is 0 Å². The van der Waals surface area contributed by atoms with E-state index in [0.717, 1.165) is 64.0 Å². The van der Waals surface area contributed by atoms with Crippen LogP contribution in [0, 0.1) is 5.92 Å². The van der Waals surface area contributed by atoms with Gasteiger partial charge in [-0.3, -0.25) is 9.78 Å². The summed E-state index contributed by atoms with van der Waals surface area (Å²) in [6.45, 7) is 8.59. The summed E-state index contributed by atoms with van der Waals surface area (Å²) in [6.07, 6.45) is 15.0. The molecule has 190 valence electrons. The minimum atomic E-state index is -0.947. The molecule has 8 nitrogen and oxygen atoms in total. The van der Waals surface area contributed by atoms with Gasteiger partial charge in [0.05, 0.1) is 17.6 Å². The molecule has 5 rings (SSSR count). The molecule has 5 heterocycles. The van der Waals surface area contributed by atoms with Crippen molar-refractivity contribution in [1.29, 1.82) is 0 Å². The minimum absolute atomic E-state index is 0.187. The second kappa shape index (κ2) is 10.5. The van der Waals surface area contributed by atoms with Crippen molar-refractivity contribution in [2.45, 2.75) is 39.2 Å². The number of allylic oxidation sites excluding steroid dienone is 5. The number of hydrogen-bond acceptors (Lipinski definition) is 5. The lowest BCUT2D eigenvalue weighted by molar-refractivity contribution is -0.140. The number of aliphatic hydroxyl groups is 1. The van der Waals surface area contributed by atoms with E-state index in [4.69, 9.17) is 9.97 Å². The molecule has 0 bridgehead atoms. The first-order valence-corrected chi connectivity index (χ1v) is 12.7. The molecule has 2 N–H and O–H groups in total. The predicted molar refractivity (Wildman–Crippen MR) is 146 cm³/mol. The molecule has 8 heteroatoms. The summed E-state index contributed by atoms with van der Waals surface area (Å²) in [5.41, 5.74) is 6.54. The van der Waals surface area contributed by atoms with Crippen LogP contribution in [0.15, 0.2) is 67.7 Å². The molecule has 0 aromatic carbocycles. The van der Waals surface area contributed by atoms with Crippen molar-refractivity contribution in [3.8, 4) is 11.1 Å². The zero-order valence-corrected chi connectivity index (χ0v) is 21.3. The number of carbonyl (C=O) groups is 1. The molecule has 1 amide bonds. The van der Waals surface area contributed by atoms with Gasteiger partial charge in [0.25, 0.3) is 5.91 Å². The second-order valence-corrected chi connectivity index (χ2v) is 9.51. The average Bonchev–Trinajstić information content (AvgIpc) is 3.57. The Morgan fingerprint density at radius 1 is 1.27 bits per heavy atom. The number of nitrogens with zero attached hydrogens (tertiary/aromatic N) is 5. The van der Waals surface area contributed by atoms with Gasteiger partial charge in [0.2, 0.25) is 0 Å². The highest BCUT2D eigenvalue weighted by atomic mass is 16.3. The highest BCUT2D eigenvalue weighted by molar-refractivity contribution is 5.86. The molecule has 1 aliphatic heterocycles. The number of fused-ring (bicyclic) bond motifs is 3. The molecule has 1 saturated heterocycles. The SMILES string of the molecule is C=C/C=C\C(=C/C)c1ccc(-c2cnn3c2nc(CC2CCN(C(=O)[C@@H](C)O)CC2)c2cc[nH]c23)cn1. The van der Waals surface area contributed by atoms with E-state index in [-0.39, 0.29) is 5.91 Å². The maximum atomic E-state index is 12.1. The van der Waals surface area contributed by atoms with Crippen LogP contribution in [0.25, 0.3) is 33.4 Å². The van der Waals surface area contributed by atoms with Crippen molar-refractivity contribution >= 4 is 28.2 Å². The smallest absolute Gasteiger partial charge is 0.251 e. The number of likely N-dealkylation sites (tertiary alicyclic amines) is 1. The van der Waals surface area contributed by atoms with Crippen molar-refractivity contribution in [1.82, 2.24) is 29.5 Å². The Bertz CT molecular complexity index is 1480. The molecule has 1 aliphatic rings. The van der Waals surface area contributed by atoms with Crippen molar-refractivity contribution in [2.24, 2.45) is 5.92 Å². The van der Waals surface area contributed by atoms with Crippen LogP contribution in [0.5, 0.6) is 0 Å². The second-order valence-electron chi connectivity index (χ2n) is 9.51. The zero-order chi connectivity index (χ0) is 25.9. The fraction of sp³-hybridized carbons (Fsp3) is 0.310. The number of aromatic nitrogens is 5. The summed E-state index contributed by atoms with van der Waals surface area (Å²) in [5, 5.41) is 15.3. The van der Waals surface area contributed by atoms with Crippen LogP contribution < -0.4 is 0 Å². The van der Waals surface area contributed by atoms with Gasteiger partial charge < -0.3 is 15.0 Å². The van der Waals surface area contributed by atoms with Gasteiger partial charge in [0.15, 0.2) is 5.65 Å². The van der Waals surface area contributed by atoms with Crippen LogP contribution in [0.1, 0.15) is 38.1 Å². The number of amides is 1. The van der Waals surface area contributed by atoms with Crippen LogP contribution in [-0.4, -0.2) is 59.7 Å². The van der Waals surface area contributed by atoms with E-state index in [1.807, 2.05) is 54.3 Å². The third kappa shape index (κ3) is 4.84. The Kier molecular flexibility index (Phi) is 7.01. The fourth-order valence-corrected chi connectivity index (χ4v) is 5.05. The molecule has 37 heavy (non-hydrogen) atoms. The van der Waals surface area contributed by atoms with Crippen LogP contribution in [0.3, 0.4) is 0 Å². The van der Waals surface area contributed by atoms with E-state index < -0.39 is 6.10 Å². The summed E-state index contributed by atoms with van der Waals surface area (Å²) < 4.78 is 1.86. The first-order valence-electron chi connectivity index (χ1n) is 12.7. The Morgan fingerprint density at radius 2 is 2.08 bits per heavy atom. The summed E-state index contributed by atoms with van der Waals surface area (Å²) >= 11 is 0. The van der Waals surface area contributed by atoms with Crippen molar-refractivity contribution in [3.63, 3.8) is 0 Å². The third-order valence-corrected chi connectivity index (χ3v) is 7.09. The number of aromatic amines is 1. The zero-order valence-electron chi connectivity index (χ0n) is 21.3. The number of carbonyl (C=O) groups excluding carboxylic acids is 1. The highest BCUT2D eigenvalue weighted by Gasteiger charge is 2.26. The molecule has 0 spiro atoms. The maximum absolute atomic E-state index is 12.1. The lowest BCUT2D eigenvalue weighted by Crippen LogP contribution is -2.43. The van der Waals surface area contributed by atoms with Gasteiger partial charge in [-0.1, -0.05) is 36.9 Å². The molecule has 0 unspecified atom stereocenters. The monoisotopic (exact) mass is 496 g/mol. The number of aliphatic hydroxyl groups excluding tert-OH is 1. The van der Waals surface area contributed by atoms with Gasteiger partial charge in [-0.2, -0.15) is 9.61 Å². The van der Waals surface area contributed by atoms with Crippen molar-refractivity contribution in [3.05, 3.63) is 79.1 Å². The van der Waals surface area contributed by atoms with Gasteiger partial charge in [0.1, 0.15) is 11.8 Å². The molecule has 1 atom stereocenters. The topological polar surface area (TPSA) is 99.4 Å².